The molecule has 1 N–H and O–H groups in total. The van der Waals surface area contributed by atoms with Gasteiger partial charge in [0.05, 0.1) is 12.7 Å². The topological polar surface area (TPSA) is 38.7 Å². The summed E-state index contributed by atoms with van der Waals surface area (Å²) in [6.45, 7) is 3.38. The van der Waals surface area contributed by atoms with Crippen molar-refractivity contribution in [2.45, 2.75) is 38.4 Å². The second-order valence-corrected chi connectivity index (χ2v) is 4.35. The van der Waals surface area contributed by atoms with E-state index in [1.54, 1.807) is 0 Å². The zero-order valence-corrected chi connectivity index (χ0v) is 10.3. The number of hydrogen-bond donors (Lipinski definition) is 1. The highest BCUT2D eigenvalue weighted by atomic mass is 16.5. The van der Waals surface area contributed by atoms with E-state index in [0.717, 1.165) is 37.2 Å². The zero-order valence-electron chi connectivity index (χ0n) is 10.3. The minimum absolute atomic E-state index is 0.0540. The van der Waals surface area contributed by atoms with Gasteiger partial charge in [-0.15, -0.1) is 0 Å². The molecular formula is C14H20O3. The molecular weight excluding hydrogens is 216 g/mol. The highest BCUT2D eigenvalue weighted by Crippen LogP contribution is 2.27. The predicted molar refractivity (Wildman–Crippen MR) is 66.2 cm³/mol. The van der Waals surface area contributed by atoms with Crippen LogP contribution in [0.15, 0.2) is 24.3 Å². The summed E-state index contributed by atoms with van der Waals surface area (Å²) in [6, 6.07) is 7.61. The quantitative estimate of drug-likeness (QED) is 0.873. The van der Waals surface area contributed by atoms with Gasteiger partial charge in [-0.1, -0.05) is 12.1 Å². The maximum absolute atomic E-state index is 10.2. The minimum Gasteiger partial charge on any atom is -0.494 e. The van der Waals surface area contributed by atoms with E-state index in [0.29, 0.717) is 6.61 Å². The number of aliphatic hydroxyl groups excluding tert-OH is 1. The van der Waals surface area contributed by atoms with E-state index in [4.69, 9.17) is 9.47 Å². The number of rotatable bonds is 4. The summed E-state index contributed by atoms with van der Waals surface area (Å²) in [5.74, 6) is 0.841. The molecule has 0 radical (unpaired) electrons. The molecule has 0 spiro atoms. The van der Waals surface area contributed by atoms with Crippen LogP contribution < -0.4 is 4.74 Å². The molecule has 1 aromatic carbocycles. The van der Waals surface area contributed by atoms with Crippen molar-refractivity contribution in [2.75, 3.05) is 13.2 Å². The van der Waals surface area contributed by atoms with Crippen molar-refractivity contribution in [3.8, 4) is 5.75 Å². The van der Waals surface area contributed by atoms with E-state index < -0.39 is 6.10 Å². The molecule has 1 fully saturated rings. The minimum atomic E-state index is -0.522. The van der Waals surface area contributed by atoms with Crippen molar-refractivity contribution in [3.05, 3.63) is 29.8 Å². The largest absolute Gasteiger partial charge is 0.494 e. The third-order valence-electron chi connectivity index (χ3n) is 3.10. The van der Waals surface area contributed by atoms with Crippen molar-refractivity contribution in [3.63, 3.8) is 0 Å². The number of benzene rings is 1. The van der Waals surface area contributed by atoms with Gasteiger partial charge in [0.2, 0.25) is 0 Å². The molecule has 17 heavy (non-hydrogen) atoms. The summed E-state index contributed by atoms with van der Waals surface area (Å²) in [5, 5.41) is 10.2. The van der Waals surface area contributed by atoms with Crippen molar-refractivity contribution in [1.29, 1.82) is 0 Å². The summed E-state index contributed by atoms with van der Waals surface area (Å²) in [7, 11) is 0. The van der Waals surface area contributed by atoms with Gasteiger partial charge in [0, 0.05) is 6.61 Å². The van der Waals surface area contributed by atoms with Crippen LogP contribution >= 0.6 is 0 Å². The Balaban J connectivity index is 2.00. The van der Waals surface area contributed by atoms with Crippen LogP contribution in [0.25, 0.3) is 0 Å². The van der Waals surface area contributed by atoms with Crippen LogP contribution in [0.3, 0.4) is 0 Å². The van der Waals surface area contributed by atoms with E-state index >= 15 is 0 Å². The van der Waals surface area contributed by atoms with Crippen LogP contribution in [0.5, 0.6) is 5.75 Å². The van der Waals surface area contributed by atoms with Crippen LogP contribution in [0, 0.1) is 0 Å². The first-order chi connectivity index (χ1) is 8.31. The molecule has 2 rings (SSSR count). The molecule has 0 bridgehead atoms. The maximum atomic E-state index is 10.2. The third kappa shape index (κ3) is 3.20. The van der Waals surface area contributed by atoms with Crippen molar-refractivity contribution >= 4 is 0 Å². The molecule has 0 aromatic heterocycles. The SMILES string of the molecule is CCOc1ccc(C(O)C2CCCCO2)cc1. The smallest absolute Gasteiger partial charge is 0.119 e. The lowest BCUT2D eigenvalue weighted by Gasteiger charge is -2.27. The fraction of sp³-hybridized carbons (Fsp3) is 0.571. The summed E-state index contributed by atoms with van der Waals surface area (Å²) < 4.78 is 11.0. The Morgan fingerprint density at radius 2 is 2.12 bits per heavy atom. The Morgan fingerprint density at radius 3 is 2.71 bits per heavy atom. The molecule has 1 aliphatic heterocycles. The van der Waals surface area contributed by atoms with Crippen LogP contribution in [0.4, 0.5) is 0 Å². The molecule has 0 saturated carbocycles. The Labute approximate surface area is 102 Å². The number of ether oxygens (including phenoxy) is 2. The van der Waals surface area contributed by atoms with Gasteiger partial charge < -0.3 is 14.6 Å². The molecule has 1 heterocycles. The number of hydrogen-bond acceptors (Lipinski definition) is 3. The average molecular weight is 236 g/mol. The van der Waals surface area contributed by atoms with Gasteiger partial charge in [-0.25, -0.2) is 0 Å². The van der Waals surface area contributed by atoms with E-state index in [2.05, 4.69) is 0 Å². The Bertz CT molecular complexity index is 328. The predicted octanol–water partition coefficient (Wildman–Crippen LogP) is 2.69. The Kier molecular flexibility index (Phi) is 4.40. The van der Waals surface area contributed by atoms with E-state index in [9.17, 15) is 5.11 Å². The van der Waals surface area contributed by atoms with Crippen LogP contribution in [0.2, 0.25) is 0 Å². The summed E-state index contributed by atoms with van der Waals surface area (Å²) >= 11 is 0. The monoisotopic (exact) mass is 236 g/mol. The molecule has 1 aliphatic rings. The molecule has 0 amide bonds. The lowest BCUT2D eigenvalue weighted by molar-refractivity contribution is -0.0633. The lowest BCUT2D eigenvalue weighted by Crippen LogP contribution is -2.26. The molecule has 1 aromatic rings. The van der Waals surface area contributed by atoms with Crippen LogP contribution in [-0.4, -0.2) is 24.4 Å². The lowest BCUT2D eigenvalue weighted by atomic mass is 9.98. The van der Waals surface area contributed by atoms with Crippen molar-refractivity contribution < 1.29 is 14.6 Å². The standard InChI is InChI=1S/C14H20O3/c1-2-16-12-8-6-11(7-9-12)14(15)13-5-3-4-10-17-13/h6-9,13-15H,2-5,10H2,1H3. The van der Waals surface area contributed by atoms with Gasteiger partial charge in [0.1, 0.15) is 11.9 Å². The van der Waals surface area contributed by atoms with Gasteiger partial charge in [-0.2, -0.15) is 0 Å². The highest BCUT2D eigenvalue weighted by Gasteiger charge is 2.23. The van der Waals surface area contributed by atoms with E-state index in [-0.39, 0.29) is 6.10 Å². The van der Waals surface area contributed by atoms with Crippen LogP contribution in [-0.2, 0) is 4.74 Å². The highest BCUT2D eigenvalue weighted by molar-refractivity contribution is 5.29. The average Bonchev–Trinajstić information content (AvgIpc) is 2.40. The first kappa shape index (κ1) is 12.4. The Morgan fingerprint density at radius 1 is 1.35 bits per heavy atom. The summed E-state index contributed by atoms with van der Waals surface area (Å²) in [5.41, 5.74) is 0.903. The molecule has 2 unspecified atom stereocenters. The van der Waals surface area contributed by atoms with Gasteiger partial charge in [0.25, 0.3) is 0 Å². The van der Waals surface area contributed by atoms with Crippen molar-refractivity contribution in [1.82, 2.24) is 0 Å². The molecule has 2 atom stereocenters. The van der Waals surface area contributed by atoms with Gasteiger partial charge in [-0.3, -0.25) is 0 Å². The van der Waals surface area contributed by atoms with Gasteiger partial charge >= 0.3 is 0 Å². The van der Waals surface area contributed by atoms with E-state index in [1.165, 1.54) is 0 Å². The fourth-order valence-corrected chi connectivity index (χ4v) is 2.16. The first-order valence-corrected chi connectivity index (χ1v) is 6.33. The number of aliphatic hydroxyl groups is 1. The van der Waals surface area contributed by atoms with Crippen molar-refractivity contribution in [2.24, 2.45) is 0 Å². The molecule has 0 aliphatic carbocycles. The second kappa shape index (κ2) is 6.03. The fourth-order valence-electron chi connectivity index (χ4n) is 2.16. The third-order valence-corrected chi connectivity index (χ3v) is 3.10. The molecule has 1 saturated heterocycles. The maximum Gasteiger partial charge on any atom is 0.119 e. The van der Waals surface area contributed by atoms with Gasteiger partial charge in [-0.05, 0) is 43.9 Å². The Hall–Kier alpha value is -1.06. The molecule has 3 nitrogen and oxygen atoms in total. The summed E-state index contributed by atoms with van der Waals surface area (Å²) in [6.07, 6.45) is 2.60. The zero-order chi connectivity index (χ0) is 12.1. The second-order valence-electron chi connectivity index (χ2n) is 4.35. The molecule has 94 valence electrons. The van der Waals surface area contributed by atoms with E-state index in [1.807, 2.05) is 31.2 Å². The molecule has 3 heteroatoms. The summed E-state index contributed by atoms with van der Waals surface area (Å²) in [4.78, 5) is 0. The van der Waals surface area contributed by atoms with Crippen LogP contribution in [0.1, 0.15) is 37.9 Å². The first-order valence-electron chi connectivity index (χ1n) is 6.33. The van der Waals surface area contributed by atoms with Gasteiger partial charge in [0.15, 0.2) is 0 Å². The normalized spacial score (nSPS) is 22.1.